The van der Waals surface area contributed by atoms with Crippen LogP contribution in [0.1, 0.15) is 17.1 Å². The van der Waals surface area contributed by atoms with Gasteiger partial charge in [-0.05, 0) is 7.05 Å². The maximum atomic E-state index is 11.5. The van der Waals surface area contributed by atoms with Gasteiger partial charge in [0.2, 0.25) is 0 Å². The predicted octanol–water partition coefficient (Wildman–Crippen LogP) is -1.08. The van der Waals surface area contributed by atoms with Crippen molar-refractivity contribution in [2.24, 2.45) is 0 Å². The Morgan fingerprint density at radius 2 is 2.20 bits per heavy atom. The highest BCUT2D eigenvalue weighted by molar-refractivity contribution is 7.90. The predicted molar refractivity (Wildman–Crippen MR) is 53.9 cm³/mol. The number of sulfone groups is 1. The van der Waals surface area contributed by atoms with Gasteiger partial charge in [-0.3, -0.25) is 4.79 Å². The van der Waals surface area contributed by atoms with Gasteiger partial charge in [0.05, 0.1) is 29.3 Å². The zero-order chi connectivity index (χ0) is 11.1. The van der Waals surface area contributed by atoms with Crippen LogP contribution in [0, 0.1) is 0 Å². The zero-order valence-electron chi connectivity index (χ0n) is 8.20. The molecule has 0 saturated carbocycles. The van der Waals surface area contributed by atoms with Crippen LogP contribution in [-0.2, 0) is 27.9 Å². The van der Waals surface area contributed by atoms with Crippen molar-refractivity contribution in [2.45, 2.75) is 18.1 Å². The van der Waals surface area contributed by atoms with Crippen LogP contribution in [-0.4, -0.2) is 25.4 Å². The molecule has 2 N–H and O–H groups in total. The van der Waals surface area contributed by atoms with E-state index in [1.54, 1.807) is 7.05 Å². The van der Waals surface area contributed by atoms with Crippen molar-refractivity contribution >= 4 is 9.84 Å². The molecular weight excluding hydrogens is 218 g/mol. The molecule has 2 rings (SSSR count). The summed E-state index contributed by atoms with van der Waals surface area (Å²) < 4.78 is 22.6. The number of nitrogens with zero attached hydrogens (tertiary/aromatic N) is 1. The topological polar surface area (TPSA) is 91.9 Å². The van der Waals surface area contributed by atoms with Crippen LogP contribution in [0.2, 0.25) is 0 Å². The number of rotatable bonds is 2. The maximum absolute atomic E-state index is 11.5. The Kier molecular flexibility index (Phi) is 2.35. The summed E-state index contributed by atoms with van der Waals surface area (Å²) in [7, 11) is -1.44. The van der Waals surface area contributed by atoms with Crippen molar-refractivity contribution in [1.29, 1.82) is 0 Å². The second kappa shape index (κ2) is 3.42. The number of nitrogens with one attached hydrogen (secondary N) is 2. The molecule has 6 nitrogen and oxygen atoms in total. The summed E-state index contributed by atoms with van der Waals surface area (Å²) in [6.45, 7) is 0.419. The zero-order valence-corrected chi connectivity index (χ0v) is 9.02. The van der Waals surface area contributed by atoms with Crippen LogP contribution in [0.4, 0.5) is 0 Å². The number of aromatic nitrogens is 2. The van der Waals surface area contributed by atoms with Crippen LogP contribution in [0.15, 0.2) is 4.79 Å². The molecule has 1 aromatic heterocycles. The normalized spacial score (nSPS) is 17.7. The van der Waals surface area contributed by atoms with Gasteiger partial charge in [0.25, 0.3) is 5.56 Å². The lowest BCUT2D eigenvalue weighted by Gasteiger charge is -2.01. The minimum absolute atomic E-state index is 0.122. The molecule has 1 aromatic rings. The minimum Gasteiger partial charge on any atom is -0.313 e. The van der Waals surface area contributed by atoms with Crippen molar-refractivity contribution < 1.29 is 8.42 Å². The molecule has 7 heteroatoms. The Hall–Kier alpha value is -1.21. The van der Waals surface area contributed by atoms with Crippen molar-refractivity contribution in [3.05, 3.63) is 27.4 Å². The summed E-state index contributed by atoms with van der Waals surface area (Å²) >= 11 is 0. The Morgan fingerprint density at radius 1 is 1.47 bits per heavy atom. The van der Waals surface area contributed by atoms with E-state index in [1.165, 1.54) is 0 Å². The van der Waals surface area contributed by atoms with Gasteiger partial charge >= 0.3 is 0 Å². The molecule has 0 aromatic carbocycles. The molecule has 82 valence electrons. The first-order valence-electron chi connectivity index (χ1n) is 4.48. The molecule has 2 heterocycles. The smallest absolute Gasteiger partial charge is 0.255 e. The van der Waals surface area contributed by atoms with E-state index in [9.17, 15) is 13.2 Å². The van der Waals surface area contributed by atoms with Gasteiger partial charge in [-0.25, -0.2) is 13.4 Å². The van der Waals surface area contributed by atoms with Crippen LogP contribution in [0.3, 0.4) is 0 Å². The monoisotopic (exact) mass is 229 g/mol. The number of hydrogen-bond acceptors (Lipinski definition) is 5. The summed E-state index contributed by atoms with van der Waals surface area (Å²) in [5.41, 5.74) is 0.338. The van der Waals surface area contributed by atoms with E-state index in [0.29, 0.717) is 18.1 Å². The van der Waals surface area contributed by atoms with Crippen LogP contribution >= 0.6 is 0 Å². The van der Waals surface area contributed by atoms with Crippen molar-refractivity contribution in [2.75, 3.05) is 7.05 Å². The summed E-state index contributed by atoms with van der Waals surface area (Å²) in [5, 5.41) is 2.84. The van der Waals surface area contributed by atoms with Gasteiger partial charge in [0.15, 0.2) is 9.84 Å². The van der Waals surface area contributed by atoms with Gasteiger partial charge in [0, 0.05) is 0 Å². The minimum atomic E-state index is -3.16. The maximum Gasteiger partial charge on any atom is 0.255 e. The standard InChI is InChI=1S/C8H11N3O3S/c1-9-2-7-10-6-4-15(13,14)3-5(6)8(12)11-7/h9H,2-4H2,1H3,(H,10,11,12). The average molecular weight is 229 g/mol. The van der Waals surface area contributed by atoms with Gasteiger partial charge in [-0.15, -0.1) is 0 Å². The molecular formula is C8H11N3O3S. The molecule has 0 bridgehead atoms. The highest BCUT2D eigenvalue weighted by atomic mass is 32.2. The summed E-state index contributed by atoms with van der Waals surface area (Å²) in [5.74, 6) is 0.159. The molecule has 0 atom stereocenters. The largest absolute Gasteiger partial charge is 0.313 e. The third-order valence-corrected chi connectivity index (χ3v) is 3.66. The third-order valence-electron chi connectivity index (χ3n) is 2.22. The Bertz CT molecular complexity index is 547. The lowest BCUT2D eigenvalue weighted by atomic mass is 10.3. The summed E-state index contributed by atoms with van der Waals surface area (Å²) in [4.78, 5) is 18.2. The fourth-order valence-corrected chi connectivity index (χ4v) is 3.09. The SMILES string of the molecule is CNCc1nc2c(c(=O)[nH]1)CS(=O)(=O)C2. The van der Waals surface area contributed by atoms with Crippen LogP contribution in [0.25, 0.3) is 0 Å². The number of aromatic amines is 1. The van der Waals surface area contributed by atoms with Gasteiger partial charge in [-0.1, -0.05) is 0 Å². The van der Waals surface area contributed by atoms with Gasteiger partial charge in [-0.2, -0.15) is 0 Å². The van der Waals surface area contributed by atoms with Crippen molar-refractivity contribution in [3.63, 3.8) is 0 Å². The van der Waals surface area contributed by atoms with Crippen molar-refractivity contribution in [1.82, 2.24) is 15.3 Å². The van der Waals surface area contributed by atoms with E-state index < -0.39 is 9.84 Å². The molecule has 15 heavy (non-hydrogen) atoms. The molecule has 0 spiro atoms. The van der Waals surface area contributed by atoms with E-state index in [-0.39, 0.29) is 22.6 Å². The first-order valence-corrected chi connectivity index (χ1v) is 6.30. The Labute approximate surface area is 86.7 Å². The molecule has 1 aliphatic heterocycles. The number of H-pyrrole nitrogens is 1. The van der Waals surface area contributed by atoms with Crippen LogP contribution in [0.5, 0.6) is 0 Å². The molecule has 0 unspecified atom stereocenters. The van der Waals surface area contributed by atoms with Crippen LogP contribution < -0.4 is 10.9 Å². The molecule has 0 aliphatic carbocycles. The molecule has 1 aliphatic rings. The molecule has 0 saturated heterocycles. The average Bonchev–Trinajstić information content (AvgIpc) is 2.41. The number of fused-ring (bicyclic) bond motifs is 1. The lowest BCUT2D eigenvalue weighted by Crippen LogP contribution is -2.20. The first kappa shape index (κ1) is 10.3. The Balaban J connectivity index is 2.51. The fraction of sp³-hybridized carbons (Fsp3) is 0.500. The first-order chi connectivity index (χ1) is 7.02. The summed E-state index contributed by atoms with van der Waals surface area (Å²) in [6.07, 6.45) is 0. The highest BCUT2D eigenvalue weighted by Gasteiger charge is 2.28. The van der Waals surface area contributed by atoms with Gasteiger partial charge in [0.1, 0.15) is 5.82 Å². The number of hydrogen-bond donors (Lipinski definition) is 2. The van der Waals surface area contributed by atoms with Gasteiger partial charge < -0.3 is 10.3 Å². The van der Waals surface area contributed by atoms with E-state index in [1.807, 2.05) is 0 Å². The molecule has 0 fully saturated rings. The van der Waals surface area contributed by atoms with E-state index >= 15 is 0 Å². The second-order valence-corrected chi connectivity index (χ2v) is 5.56. The molecule has 0 radical (unpaired) electrons. The lowest BCUT2D eigenvalue weighted by molar-refractivity contribution is 0.597. The second-order valence-electron chi connectivity index (χ2n) is 3.50. The highest BCUT2D eigenvalue weighted by Crippen LogP contribution is 2.19. The van der Waals surface area contributed by atoms with E-state index in [2.05, 4.69) is 15.3 Å². The fourth-order valence-electron chi connectivity index (χ4n) is 1.59. The van der Waals surface area contributed by atoms with E-state index in [4.69, 9.17) is 0 Å². The van der Waals surface area contributed by atoms with E-state index in [0.717, 1.165) is 0 Å². The summed E-state index contributed by atoms with van der Waals surface area (Å²) in [6, 6.07) is 0. The Morgan fingerprint density at radius 3 is 2.87 bits per heavy atom. The molecule has 0 amide bonds. The quantitative estimate of drug-likeness (QED) is 0.673. The third kappa shape index (κ3) is 1.93. The van der Waals surface area contributed by atoms with Crippen molar-refractivity contribution in [3.8, 4) is 0 Å².